The lowest BCUT2D eigenvalue weighted by molar-refractivity contribution is -0.142. The number of carbonyl (C=O) groups excluding carboxylic acids is 2. The summed E-state index contributed by atoms with van der Waals surface area (Å²) < 4.78 is 9.30. The first-order valence-electron chi connectivity index (χ1n) is 5.32. The smallest absolute Gasteiger partial charge is 0.331 e. The number of aromatic nitrogens is 1. The van der Waals surface area contributed by atoms with E-state index >= 15 is 0 Å². The molecule has 0 saturated heterocycles. The summed E-state index contributed by atoms with van der Waals surface area (Å²) in [7, 11) is 0. The number of esters is 1. The summed E-state index contributed by atoms with van der Waals surface area (Å²) in [5, 5.41) is 7.80. The standard InChI is InChI=1S/C12H10N2O4S/c15-11(13-10-5-6-18-14-10)8-17-12(16)4-3-9-2-1-7-19-9/h1-7H,8H2,(H,13,14,15)/b4-3+. The molecule has 0 saturated carbocycles. The molecule has 1 N–H and O–H groups in total. The van der Waals surface area contributed by atoms with Gasteiger partial charge in [0.25, 0.3) is 5.91 Å². The highest BCUT2D eigenvalue weighted by molar-refractivity contribution is 7.10. The second-order valence-electron chi connectivity index (χ2n) is 3.39. The molecule has 0 radical (unpaired) electrons. The summed E-state index contributed by atoms with van der Waals surface area (Å²) in [6.07, 6.45) is 4.23. The van der Waals surface area contributed by atoms with Crippen LogP contribution >= 0.6 is 11.3 Å². The molecule has 2 aromatic heterocycles. The number of thiophene rings is 1. The molecule has 0 aliphatic heterocycles. The number of rotatable bonds is 5. The van der Waals surface area contributed by atoms with Crippen molar-refractivity contribution in [1.29, 1.82) is 0 Å². The highest BCUT2D eigenvalue weighted by Crippen LogP contribution is 2.10. The Labute approximate surface area is 112 Å². The molecular weight excluding hydrogens is 268 g/mol. The van der Waals surface area contributed by atoms with Crippen LogP contribution in [0.25, 0.3) is 6.08 Å². The van der Waals surface area contributed by atoms with Crippen LogP contribution < -0.4 is 5.32 Å². The van der Waals surface area contributed by atoms with Crippen molar-refractivity contribution in [3.63, 3.8) is 0 Å². The Bertz CT molecular complexity index is 561. The average Bonchev–Trinajstić information content (AvgIpc) is 3.06. The molecule has 0 unspecified atom stereocenters. The van der Waals surface area contributed by atoms with Gasteiger partial charge in [-0.25, -0.2) is 4.79 Å². The van der Waals surface area contributed by atoms with Gasteiger partial charge in [-0.2, -0.15) is 0 Å². The fraction of sp³-hybridized carbons (Fsp3) is 0.0833. The monoisotopic (exact) mass is 278 g/mol. The van der Waals surface area contributed by atoms with Crippen LogP contribution in [-0.4, -0.2) is 23.6 Å². The van der Waals surface area contributed by atoms with E-state index in [0.29, 0.717) is 0 Å². The zero-order valence-electron chi connectivity index (χ0n) is 9.74. The number of hydrogen-bond acceptors (Lipinski definition) is 6. The Balaban J connectivity index is 1.73. The number of nitrogens with one attached hydrogen (secondary N) is 1. The lowest BCUT2D eigenvalue weighted by Gasteiger charge is -2.01. The van der Waals surface area contributed by atoms with Crippen LogP contribution in [0.3, 0.4) is 0 Å². The quantitative estimate of drug-likeness (QED) is 0.667. The maximum atomic E-state index is 11.4. The molecule has 2 rings (SSSR count). The van der Waals surface area contributed by atoms with Crippen LogP contribution in [0.2, 0.25) is 0 Å². The van der Waals surface area contributed by atoms with Gasteiger partial charge >= 0.3 is 5.97 Å². The molecule has 0 atom stereocenters. The normalized spacial score (nSPS) is 10.5. The summed E-state index contributed by atoms with van der Waals surface area (Å²) in [5.74, 6) is -0.786. The van der Waals surface area contributed by atoms with E-state index in [9.17, 15) is 9.59 Å². The van der Waals surface area contributed by atoms with Crippen molar-refractivity contribution in [3.8, 4) is 0 Å². The van der Waals surface area contributed by atoms with Crippen molar-refractivity contribution in [3.05, 3.63) is 40.8 Å². The number of hydrogen-bond donors (Lipinski definition) is 1. The molecular formula is C12H10N2O4S. The number of ether oxygens (including phenoxy) is 1. The second-order valence-corrected chi connectivity index (χ2v) is 4.37. The van der Waals surface area contributed by atoms with Gasteiger partial charge in [0.05, 0.1) is 0 Å². The summed E-state index contributed by atoms with van der Waals surface area (Å²) in [4.78, 5) is 23.6. The minimum atomic E-state index is -0.580. The molecule has 0 spiro atoms. The van der Waals surface area contributed by atoms with Crippen LogP contribution in [0.15, 0.2) is 40.4 Å². The van der Waals surface area contributed by atoms with Crippen LogP contribution in [0, 0.1) is 0 Å². The molecule has 2 aromatic rings. The van der Waals surface area contributed by atoms with Crippen LogP contribution in [0.1, 0.15) is 4.88 Å². The number of carbonyl (C=O) groups is 2. The van der Waals surface area contributed by atoms with Gasteiger partial charge in [0, 0.05) is 17.0 Å². The zero-order valence-corrected chi connectivity index (χ0v) is 10.6. The first kappa shape index (κ1) is 13.0. The average molecular weight is 278 g/mol. The van der Waals surface area contributed by atoms with E-state index in [1.54, 1.807) is 6.08 Å². The highest BCUT2D eigenvalue weighted by atomic mass is 32.1. The largest absolute Gasteiger partial charge is 0.452 e. The van der Waals surface area contributed by atoms with Gasteiger partial charge in [0.2, 0.25) is 0 Å². The van der Waals surface area contributed by atoms with Gasteiger partial charge in [0.15, 0.2) is 12.4 Å². The molecule has 1 amide bonds. The van der Waals surface area contributed by atoms with Crippen molar-refractivity contribution in [2.75, 3.05) is 11.9 Å². The van der Waals surface area contributed by atoms with Crippen LogP contribution in [0.5, 0.6) is 0 Å². The van der Waals surface area contributed by atoms with E-state index in [1.807, 2.05) is 17.5 Å². The molecule has 0 bridgehead atoms. The first-order valence-corrected chi connectivity index (χ1v) is 6.20. The SMILES string of the molecule is O=C(COC(=O)/C=C/c1cccs1)Nc1ccon1. The molecule has 7 heteroatoms. The van der Waals surface area contributed by atoms with Gasteiger partial charge in [-0.1, -0.05) is 11.2 Å². The minimum Gasteiger partial charge on any atom is -0.452 e. The lowest BCUT2D eigenvalue weighted by Crippen LogP contribution is -2.20. The van der Waals surface area contributed by atoms with Crippen molar-refractivity contribution >= 4 is 35.1 Å². The van der Waals surface area contributed by atoms with Gasteiger partial charge in [-0.3, -0.25) is 4.79 Å². The van der Waals surface area contributed by atoms with E-state index in [4.69, 9.17) is 4.74 Å². The minimum absolute atomic E-state index is 0.273. The molecule has 2 heterocycles. The van der Waals surface area contributed by atoms with Crippen molar-refractivity contribution < 1.29 is 18.8 Å². The third-order valence-electron chi connectivity index (χ3n) is 1.98. The fourth-order valence-electron chi connectivity index (χ4n) is 1.18. The van der Waals surface area contributed by atoms with Crippen LogP contribution in [-0.2, 0) is 14.3 Å². The van der Waals surface area contributed by atoms with Gasteiger partial charge in [-0.15, -0.1) is 11.3 Å². The van der Waals surface area contributed by atoms with E-state index < -0.39 is 11.9 Å². The number of amides is 1. The predicted octanol–water partition coefficient (Wildman–Crippen LogP) is 1.93. The molecule has 98 valence electrons. The Hall–Kier alpha value is -2.41. The van der Waals surface area contributed by atoms with Gasteiger partial charge in [0.1, 0.15) is 6.26 Å². The van der Waals surface area contributed by atoms with Crippen molar-refractivity contribution in [1.82, 2.24) is 5.16 Å². The van der Waals surface area contributed by atoms with Crippen LogP contribution in [0.4, 0.5) is 5.82 Å². The van der Waals surface area contributed by atoms with E-state index in [1.165, 1.54) is 29.7 Å². The summed E-state index contributed by atoms with van der Waals surface area (Å²) in [6.45, 7) is -0.375. The third-order valence-corrected chi connectivity index (χ3v) is 2.82. The second kappa shape index (κ2) is 6.50. The topological polar surface area (TPSA) is 81.4 Å². The zero-order chi connectivity index (χ0) is 13.5. The maximum Gasteiger partial charge on any atom is 0.331 e. The molecule has 0 fully saturated rings. The summed E-state index contributed by atoms with van der Waals surface area (Å²) >= 11 is 1.50. The molecule has 0 aliphatic carbocycles. The summed E-state index contributed by atoms with van der Waals surface area (Å²) in [5.41, 5.74) is 0. The Morgan fingerprint density at radius 2 is 2.37 bits per heavy atom. The first-order chi connectivity index (χ1) is 9.24. The Morgan fingerprint density at radius 3 is 3.05 bits per heavy atom. The fourth-order valence-corrected chi connectivity index (χ4v) is 1.80. The Morgan fingerprint density at radius 1 is 1.47 bits per heavy atom. The lowest BCUT2D eigenvalue weighted by atomic mass is 10.4. The molecule has 6 nitrogen and oxygen atoms in total. The third kappa shape index (κ3) is 4.40. The van der Waals surface area contributed by atoms with Gasteiger partial charge in [-0.05, 0) is 17.5 Å². The Kier molecular flexibility index (Phi) is 4.46. The van der Waals surface area contributed by atoms with Crippen molar-refractivity contribution in [2.45, 2.75) is 0 Å². The predicted molar refractivity (Wildman–Crippen MR) is 69.4 cm³/mol. The molecule has 0 aromatic carbocycles. The van der Waals surface area contributed by atoms with Gasteiger partial charge < -0.3 is 14.6 Å². The summed E-state index contributed by atoms with van der Waals surface area (Å²) in [6, 6.07) is 5.23. The molecule has 19 heavy (non-hydrogen) atoms. The molecule has 0 aliphatic rings. The number of nitrogens with zero attached hydrogens (tertiary/aromatic N) is 1. The number of anilines is 1. The van der Waals surface area contributed by atoms with E-state index in [0.717, 1.165) is 4.88 Å². The van der Waals surface area contributed by atoms with E-state index in [-0.39, 0.29) is 12.4 Å². The van der Waals surface area contributed by atoms with E-state index in [2.05, 4.69) is 15.0 Å². The highest BCUT2D eigenvalue weighted by Gasteiger charge is 2.06. The maximum absolute atomic E-state index is 11.4. The van der Waals surface area contributed by atoms with Crippen molar-refractivity contribution in [2.24, 2.45) is 0 Å².